The second-order valence-corrected chi connectivity index (χ2v) is 4.62. The highest BCUT2D eigenvalue weighted by molar-refractivity contribution is 5.86. The summed E-state index contributed by atoms with van der Waals surface area (Å²) in [5.74, 6) is 0.153. The molecule has 2 atom stereocenters. The van der Waals surface area contributed by atoms with Gasteiger partial charge in [0.25, 0.3) is 0 Å². The maximum atomic E-state index is 11.6. The molecule has 0 aliphatic heterocycles. The summed E-state index contributed by atoms with van der Waals surface area (Å²) in [4.78, 5) is 22.2. The van der Waals surface area contributed by atoms with Crippen LogP contribution in [0.5, 0.6) is 0 Å². The maximum Gasteiger partial charge on any atom is 0.312 e. The first kappa shape index (κ1) is 15.0. The van der Waals surface area contributed by atoms with Crippen LogP contribution in [0.3, 0.4) is 0 Å². The van der Waals surface area contributed by atoms with Gasteiger partial charge in [0.15, 0.2) is 0 Å². The molecule has 0 saturated heterocycles. The number of hydrogen-bond donors (Lipinski definition) is 3. The van der Waals surface area contributed by atoms with Gasteiger partial charge in [-0.25, -0.2) is 4.79 Å². The number of nitrogens with two attached hydrogens (primary N) is 1. The third kappa shape index (κ3) is 5.42. The third-order valence-electron chi connectivity index (χ3n) is 3.00. The van der Waals surface area contributed by atoms with Crippen molar-refractivity contribution in [3.05, 3.63) is 35.9 Å². The molecule has 104 valence electrons. The van der Waals surface area contributed by atoms with Gasteiger partial charge in [0.1, 0.15) is 6.04 Å². The molecule has 3 amide bonds. The molecule has 1 aromatic rings. The fourth-order valence-corrected chi connectivity index (χ4v) is 1.79. The average Bonchev–Trinajstić information content (AvgIpc) is 2.38. The highest BCUT2D eigenvalue weighted by Gasteiger charge is 2.13. The molecule has 1 rings (SSSR count). The van der Waals surface area contributed by atoms with Gasteiger partial charge < -0.3 is 16.4 Å². The lowest BCUT2D eigenvalue weighted by Gasteiger charge is -2.15. The second-order valence-electron chi connectivity index (χ2n) is 4.62. The molecular weight excluding hydrogens is 242 g/mol. The Hall–Kier alpha value is -2.04. The fourth-order valence-electron chi connectivity index (χ4n) is 1.79. The van der Waals surface area contributed by atoms with Crippen LogP contribution in [0.15, 0.2) is 30.3 Å². The Morgan fingerprint density at radius 2 is 1.84 bits per heavy atom. The van der Waals surface area contributed by atoms with Crippen LogP contribution < -0.4 is 16.4 Å². The van der Waals surface area contributed by atoms with E-state index in [9.17, 15) is 9.59 Å². The van der Waals surface area contributed by atoms with E-state index in [1.807, 2.05) is 18.2 Å². The molecule has 0 heterocycles. The van der Waals surface area contributed by atoms with Gasteiger partial charge in [-0.05, 0) is 24.8 Å². The lowest BCUT2D eigenvalue weighted by molar-refractivity contribution is -0.122. The standard InChI is InChI=1S/C14H21N3O2/c1-10(12-6-4-3-5-7-12)8-9-16-13(18)11(2)17-14(15)19/h3-7,10-11H,8-9H2,1-2H3,(H,16,18)(H3,15,17,19)/t10-,11+/m1/s1. The number of carbonyl (C=O) groups excluding carboxylic acids is 2. The van der Waals surface area contributed by atoms with Crippen molar-refractivity contribution >= 4 is 11.9 Å². The van der Waals surface area contributed by atoms with Crippen LogP contribution in [-0.2, 0) is 4.79 Å². The summed E-state index contributed by atoms with van der Waals surface area (Å²) >= 11 is 0. The summed E-state index contributed by atoms with van der Waals surface area (Å²) in [7, 11) is 0. The van der Waals surface area contributed by atoms with E-state index in [1.165, 1.54) is 5.56 Å². The minimum Gasteiger partial charge on any atom is -0.354 e. The summed E-state index contributed by atoms with van der Waals surface area (Å²) in [6.07, 6.45) is 0.846. The van der Waals surface area contributed by atoms with Crippen molar-refractivity contribution < 1.29 is 9.59 Å². The van der Waals surface area contributed by atoms with E-state index in [0.29, 0.717) is 12.5 Å². The number of rotatable bonds is 6. The number of primary amides is 1. The molecule has 5 heteroatoms. The zero-order valence-electron chi connectivity index (χ0n) is 11.3. The Labute approximate surface area is 113 Å². The van der Waals surface area contributed by atoms with Gasteiger partial charge >= 0.3 is 6.03 Å². The molecule has 5 nitrogen and oxygen atoms in total. The number of hydrogen-bond acceptors (Lipinski definition) is 2. The molecule has 19 heavy (non-hydrogen) atoms. The van der Waals surface area contributed by atoms with Crippen molar-refractivity contribution in [3.8, 4) is 0 Å². The van der Waals surface area contributed by atoms with E-state index in [2.05, 4.69) is 29.7 Å². The van der Waals surface area contributed by atoms with Crippen molar-refractivity contribution in [2.45, 2.75) is 32.2 Å². The zero-order chi connectivity index (χ0) is 14.3. The molecule has 0 fully saturated rings. The second kappa shape index (κ2) is 7.41. The smallest absolute Gasteiger partial charge is 0.312 e. The highest BCUT2D eigenvalue weighted by Crippen LogP contribution is 2.17. The molecule has 0 aliphatic carbocycles. The van der Waals surface area contributed by atoms with E-state index in [4.69, 9.17) is 5.73 Å². The van der Waals surface area contributed by atoms with Crippen LogP contribution in [-0.4, -0.2) is 24.5 Å². The van der Waals surface area contributed by atoms with Crippen molar-refractivity contribution in [2.24, 2.45) is 5.73 Å². The molecule has 0 aliphatic rings. The Morgan fingerprint density at radius 3 is 2.42 bits per heavy atom. The zero-order valence-corrected chi connectivity index (χ0v) is 11.3. The number of nitrogens with one attached hydrogen (secondary N) is 2. The van der Waals surface area contributed by atoms with Crippen LogP contribution in [0.25, 0.3) is 0 Å². The SMILES string of the molecule is C[C@H](NC(N)=O)C(=O)NCC[C@@H](C)c1ccccc1. The normalized spacial score (nSPS) is 13.4. The summed E-state index contributed by atoms with van der Waals surface area (Å²) in [5, 5.41) is 5.12. The van der Waals surface area contributed by atoms with E-state index in [-0.39, 0.29) is 5.91 Å². The molecule has 1 aromatic carbocycles. The quantitative estimate of drug-likeness (QED) is 0.724. The van der Waals surface area contributed by atoms with Crippen molar-refractivity contribution in [1.29, 1.82) is 0 Å². The predicted octanol–water partition coefficient (Wildman–Crippen LogP) is 1.35. The van der Waals surface area contributed by atoms with Gasteiger partial charge in [-0.15, -0.1) is 0 Å². The fraction of sp³-hybridized carbons (Fsp3) is 0.429. The van der Waals surface area contributed by atoms with Gasteiger partial charge in [-0.1, -0.05) is 37.3 Å². The van der Waals surface area contributed by atoms with E-state index in [1.54, 1.807) is 6.92 Å². The molecule has 0 saturated carbocycles. The van der Waals surface area contributed by atoms with Crippen LogP contribution in [0.4, 0.5) is 4.79 Å². The molecule has 0 bridgehead atoms. The summed E-state index contributed by atoms with van der Waals surface area (Å²) in [6.45, 7) is 4.28. The predicted molar refractivity (Wildman–Crippen MR) is 74.7 cm³/mol. The number of benzene rings is 1. The molecule has 0 unspecified atom stereocenters. The Kier molecular flexibility index (Phi) is 5.85. The summed E-state index contributed by atoms with van der Waals surface area (Å²) < 4.78 is 0. The average molecular weight is 263 g/mol. The maximum absolute atomic E-state index is 11.6. The van der Waals surface area contributed by atoms with Gasteiger partial charge in [0.2, 0.25) is 5.91 Å². The van der Waals surface area contributed by atoms with Crippen LogP contribution in [0, 0.1) is 0 Å². The van der Waals surface area contributed by atoms with Gasteiger partial charge in [0.05, 0.1) is 0 Å². The molecule has 0 aromatic heterocycles. The lowest BCUT2D eigenvalue weighted by atomic mass is 9.98. The monoisotopic (exact) mass is 263 g/mol. The summed E-state index contributed by atoms with van der Waals surface area (Å²) in [6, 6.07) is 8.83. The summed E-state index contributed by atoms with van der Waals surface area (Å²) in [5.41, 5.74) is 6.20. The Bertz CT molecular complexity index is 420. The van der Waals surface area contributed by atoms with Crippen LogP contribution in [0.1, 0.15) is 31.7 Å². The molecule has 0 spiro atoms. The van der Waals surface area contributed by atoms with Crippen LogP contribution >= 0.6 is 0 Å². The minimum atomic E-state index is -0.694. The van der Waals surface area contributed by atoms with E-state index in [0.717, 1.165) is 6.42 Å². The largest absolute Gasteiger partial charge is 0.354 e. The van der Waals surface area contributed by atoms with Crippen molar-refractivity contribution in [3.63, 3.8) is 0 Å². The van der Waals surface area contributed by atoms with Gasteiger partial charge in [-0.3, -0.25) is 4.79 Å². The first-order valence-electron chi connectivity index (χ1n) is 6.39. The minimum absolute atomic E-state index is 0.223. The number of amides is 3. The molecule has 0 radical (unpaired) electrons. The van der Waals surface area contributed by atoms with E-state index < -0.39 is 12.1 Å². The number of carbonyl (C=O) groups is 2. The van der Waals surface area contributed by atoms with Crippen LogP contribution in [0.2, 0.25) is 0 Å². The first-order valence-corrected chi connectivity index (χ1v) is 6.39. The number of urea groups is 1. The van der Waals surface area contributed by atoms with Gasteiger partial charge in [-0.2, -0.15) is 0 Å². The third-order valence-corrected chi connectivity index (χ3v) is 3.00. The van der Waals surface area contributed by atoms with Crippen molar-refractivity contribution in [1.82, 2.24) is 10.6 Å². The topological polar surface area (TPSA) is 84.2 Å². The Morgan fingerprint density at radius 1 is 1.21 bits per heavy atom. The lowest BCUT2D eigenvalue weighted by Crippen LogP contribution is -2.47. The highest BCUT2D eigenvalue weighted by atomic mass is 16.2. The molecular formula is C14H21N3O2. The van der Waals surface area contributed by atoms with Crippen molar-refractivity contribution in [2.75, 3.05) is 6.54 Å². The van der Waals surface area contributed by atoms with Gasteiger partial charge in [0, 0.05) is 6.54 Å². The first-order chi connectivity index (χ1) is 9.00. The van der Waals surface area contributed by atoms with E-state index >= 15 is 0 Å². The molecule has 4 N–H and O–H groups in total. The Balaban J connectivity index is 2.30.